The molecule has 0 amide bonds. The summed E-state index contributed by atoms with van der Waals surface area (Å²) in [4.78, 5) is 25.4. The Morgan fingerprint density at radius 3 is 2.33 bits per heavy atom. The Bertz CT molecular complexity index is 259. The molecular weight excluding hydrogens is 252 g/mol. The maximum Gasteiger partial charge on any atom is 0.508 e. The summed E-state index contributed by atoms with van der Waals surface area (Å²) in [6, 6.07) is -1.29. The van der Waals surface area contributed by atoms with Crippen LogP contribution in [0.1, 0.15) is 12.8 Å². The normalized spacial score (nSPS) is 12.2. The second-order valence-corrected chi connectivity index (χ2v) is 3.15. The molecule has 0 aromatic heterocycles. The van der Waals surface area contributed by atoms with Gasteiger partial charge in [-0.2, -0.15) is 0 Å². The molecule has 0 bridgehead atoms. The van der Waals surface area contributed by atoms with Crippen molar-refractivity contribution in [3.8, 4) is 0 Å². The van der Waals surface area contributed by atoms with Gasteiger partial charge in [-0.15, -0.1) is 0 Å². The van der Waals surface area contributed by atoms with Crippen LogP contribution in [0.3, 0.4) is 0 Å². The topological polar surface area (TPSA) is 152 Å². The van der Waals surface area contributed by atoms with Gasteiger partial charge in [-0.05, 0) is 12.8 Å². The molecule has 0 rings (SSSR count). The Morgan fingerprint density at radius 2 is 1.78 bits per heavy atom. The van der Waals surface area contributed by atoms with Gasteiger partial charge >= 0.3 is 12.1 Å². The maximum absolute atomic E-state index is 10.9. The van der Waals surface area contributed by atoms with E-state index in [1.54, 1.807) is 0 Å². The first-order valence-corrected chi connectivity index (χ1v) is 5.02. The highest BCUT2D eigenvalue weighted by Crippen LogP contribution is 1.95. The van der Waals surface area contributed by atoms with E-state index in [4.69, 9.17) is 21.3 Å². The number of nitrogens with two attached hydrogens (primary N) is 1. The van der Waals surface area contributed by atoms with Gasteiger partial charge in [0.05, 0.1) is 18.6 Å². The van der Waals surface area contributed by atoms with E-state index in [0.717, 1.165) is 0 Å². The number of aliphatic carboxylic acids is 1. The van der Waals surface area contributed by atoms with Gasteiger partial charge in [0.25, 0.3) is 0 Å². The maximum atomic E-state index is 10.9. The van der Waals surface area contributed by atoms with Crippen LogP contribution in [0.4, 0.5) is 4.79 Å². The van der Waals surface area contributed by atoms with E-state index in [1.807, 2.05) is 0 Å². The van der Waals surface area contributed by atoms with Crippen molar-refractivity contribution in [1.29, 1.82) is 0 Å². The van der Waals surface area contributed by atoms with Crippen molar-refractivity contribution < 1.29 is 39.4 Å². The van der Waals surface area contributed by atoms with E-state index in [0.29, 0.717) is 12.8 Å². The number of carboxylic acids is 1. The summed E-state index contributed by atoms with van der Waals surface area (Å²) in [5.74, 6) is -1.28. The van der Waals surface area contributed by atoms with Gasteiger partial charge in [0.2, 0.25) is 0 Å². The predicted molar refractivity (Wildman–Crippen MR) is 53.5 cm³/mol. The molecule has 0 saturated carbocycles. The molecule has 1 unspecified atom stereocenters. The summed E-state index contributed by atoms with van der Waals surface area (Å²) >= 11 is 0. The Balaban J connectivity index is 3.40. The molecular formula is C8H16N2O8. The van der Waals surface area contributed by atoms with Crippen LogP contribution in [-0.2, 0) is 19.1 Å². The summed E-state index contributed by atoms with van der Waals surface area (Å²) < 4.78 is 9.00. The van der Waals surface area contributed by atoms with Gasteiger partial charge in [-0.25, -0.2) is 4.79 Å². The van der Waals surface area contributed by atoms with Crippen molar-refractivity contribution in [2.24, 2.45) is 5.73 Å². The largest absolute Gasteiger partial charge is 0.508 e. The molecule has 0 aromatic carbocycles. The van der Waals surface area contributed by atoms with Crippen LogP contribution in [-0.4, -0.2) is 58.9 Å². The lowest BCUT2D eigenvalue weighted by atomic mass is 10.3. The molecule has 5 N–H and O–H groups in total. The number of carbonyl (C=O) groups excluding carboxylic acids is 1. The average molecular weight is 268 g/mol. The van der Waals surface area contributed by atoms with Crippen molar-refractivity contribution in [2.45, 2.75) is 18.9 Å². The van der Waals surface area contributed by atoms with Crippen molar-refractivity contribution in [1.82, 2.24) is 5.39 Å². The number of hydrogen-bond donors (Lipinski definition) is 4. The number of carbonyl (C=O) groups is 2. The molecule has 0 radical (unpaired) electrons. The summed E-state index contributed by atoms with van der Waals surface area (Å²) in [6.07, 6.45) is -0.188. The van der Waals surface area contributed by atoms with E-state index in [-0.39, 0.29) is 13.2 Å². The van der Waals surface area contributed by atoms with E-state index in [9.17, 15) is 9.59 Å². The quantitative estimate of drug-likeness (QED) is 0.241. The SMILES string of the molecule is NC(COC(=O)OCCCCON(O)O)C(=O)O. The van der Waals surface area contributed by atoms with Crippen LogP contribution in [0.25, 0.3) is 0 Å². The fraction of sp³-hybridized carbons (Fsp3) is 0.750. The molecule has 0 heterocycles. The monoisotopic (exact) mass is 268 g/mol. The number of carboxylic acid groups (broad SMARTS) is 1. The fourth-order valence-corrected chi connectivity index (χ4v) is 0.777. The fourth-order valence-electron chi connectivity index (χ4n) is 0.777. The number of ether oxygens (including phenoxy) is 2. The third-order valence-electron chi connectivity index (χ3n) is 1.66. The summed E-state index contributed by atoms with van der Waals surface area (Å²) in [6.45, 7) is -0.405. The highest BCUT2D eigenvalue weighted by molar-refractivity contribution is 5.73. The van der Waals surface area contributed by atoms with Gasteiger partial charge in [0.15, 0.2) is 0 Å². The minimum atomic E-state index is -1.29. The zero-order valence-corrected chi connectivity index (χ0v) is 9.52. The average Bonchev–Trinajstić information content (AvgIpc) is 2.29. The first kappa shape index (κ1) is 16.5. The lowest BCUT2D eigenvalue weighted by Crippen LogP contribution is -2.35. The van der Waals surface area contributed by atoms with E-state index in [1.165, 1.54) is 0 Å². The van der Waals surface area contributed by atoms with E-state index in [2.05, 4.69) is 14.3 Å². The van der Waals surface area contributed by atoms with Crippen LogP contribution < -0.4 is 5.73 Å². The van der Waals surface area contributed by atoms with Crippen molar-refractivity contribution >= 4 is 12.1 Å². The third kappa shape index (κ3) is 9.74. The van der Waals surface area contributed by atoms with Gasteiger partial charge in [-0.1, -0.05) is 0 Å². The van der Waals surface area contributed by atoms with Crippen molar-refractivity contribution in [3.05, 3.63) is 0 Å². The molecule has 10 nitrogen and oxygen atoms in total. The Morgan fingerprint density at radius 1 is 1.17 bits per heavy atom. The highest BCUT2D eigenvalue weighted by atomic mass is 17.1. The zero-order chi connectivity index (χ0) is 14.0. The minimum absolute atomic E-state index is 0.0291. The van der Waals surface area contributed by atoms with E-state index >= 15 is 0 Å². The van der Waals surface area contributed by atoms with Crippen molar-refractivity contribution in [3.63, 3.8) is 0 Å². The lowest BCUT2D eigenvalue weighted by molar-refractivity contribution is -0.492. The standard InChI is InChI=1S/C8H16N2O8/c9-6(7(11)12)5-17-8(13)16-3-1-2-4-18-10(14)15/h6,14-15H,1-5,9H2,(H,11,12). The van der Waals surface area contributed by atoms with Crippen LogP contribution in [0.15, 0.2) is 0 Å². The second-order valence-electron chi connectivity index (χ2n) is 3.15. The number of rotatable bonds is 9. The van der Waals surface area contributed by atoms with Crippen LogP contribution >= 0.6 is 0 Å². The Kier molecular flexibility index (Phi) is 8.78. The predicted octanol–water partition coefficient (Wildman–Crippen LogP) is -0.656. The molecule has 0 aliphatic carbocycles. The highest BCUT2D eigenvalue weighted by Gasteiger charge is 2.14. The van der Waals surface area contributed by atoms with Gasteiger partial charge in [0.1, 0.15) is 12.6 Å². The lowest BCUT2D eigenvalue weighted by Gasteiger charge is -2.09. The second kappa shape index (κ2) is 9.56. The van der Waals surface area contributed by atoms with Gasteiger partial charge < -0.3 is 20.3 Å². The molecule has 0 aliphatic rings. The van der Waals surface area contributed by atoms with Gasteiger partial charge in [0, 0.05) is 0 Å². The third-order valence-corrected chi connectivity index (χ3v) is 1.66. The first-order valence-electron chi connectivity index (χ1n) is 5.02. The molecule has 18 heavy (non-hydrogen) atoms. The van der Waals surface area contributed by atoms with E-state index < -0.39 is 30.2 Å². The summed E-state index contributed by atoms with van der Waals surface area (Å²) in [5.41, 5.74) is 5.09. The van der Waals surface area contributed by atoms with Crippen LogP contribution in [0, 0.1) is 0 Å². The molecule has 0 saturated heterocycles. The first-order chi connectivity index (χ1) is 8.43. The molecule has 0 fully saturated rings. The molecule has 0 aliphatic heterocycles. The minimum Gasteiger partial charge on any atom is -0.480 e. The molecule has 0 spiro atoms. The molecule has 106 valence electrons. The van der Waals surface area contributed by atoms with Crippen molar-refractivity contribution in [2.75, 3.05) is 19.8 Å². The smallest absolute Gasteiger partial charge is 0.480 e. The summed E-state index contributed by atoms with van der Waals surface area (Å²) in [5, 5.41) is 24.3. The van der Waals surface area contributed by atoms with Crippen LogP contribution in [0.5, 0.6) is 0 Å². The zero-order valence-electron chi connectivity index (χ0n) is 9.52. The number of nitrogens with zero attached hydrogens (tertiary/aromatic N) is 1. The number of unbranched alkanes of at least 4 members (excludes halogenated alkanes) is 1. The Hall–Kier alpha value is -1.46. The van der Waals surface area contributed by atoms with Gasteiger partial charge in [-0.3, -0.25) is 20.0 Å². The van der Waals surface area contributed by atoms with Crippen LogP contribution in [0.2, 0.25) is 0 Å². The number of hydrogen-bond acceptors (Lipinski definition) is 9. The Labute approximate surface area is 102 Å². The molecule has 1 atom stereocenters. The summed E-state index contributed by atoms with van der Waals surface area (Å²) in [7, 11) is 0. The molecule has 10 heteroatoms. The molecule has 0 aromatic rings.